The number of hydrogen-bond acceptors (Lipinski definition) is 17. The number of benzene rings is 1. The Hall–Kier alpha value is -2.80. The van der Waals surface area contributed by atoms with E-state index in [4.69, 9.17) is 23.7 Å². The number of carbonyl (C=O) groups is 1. The number of esters is 1. The summed E-state index contributed by atoms with van der Waals surface area (Å²) < 4.78 is 85.7. The van der Waals surface area contributed by atoms with E-state index in [1.807, 2.05) is 44.7 Å². The highest BCUT2D eigenvalue weighted by molar-refractivity contribution is 7.91. The summed E-state index contributed by atoms with van der Waals surface area (Å²) in [4.78, 5) is 18.6. The monoisotopic (exact) mass is 1070 g/mol. The molecule has 74 heavy (non-hydrogen) atoms. The van der Waals surface area contributed by atoms with Gasteiger partial charge in [0.25, 0.3) is 0 Å². The summed E-state index contributed by atoms with van der Waals surface area (Å²) in [5.41, 5.74) is -3.29. The molecule has 0 aliphatic carbocycles. The maximum Gasteiger partial charge on any atom is 0.309 e. The van der Waals surface area contributed by atoms with E-state index >= 15 is 0 Å². The summed E-state index contributed by atoms with van der Waals surface area (Å²) >= 11 is 0. The standard InChI is InChI=1S/C53H89F2N5O13S/c1-14-43-53(10,66)46(62)35(6)59(12)29-31(2)26-51(8,65)48(33(4)44(34(5)49(64)72-43)42-27-52(9,69-13)47(63)36(7)71-42)73-50-45(61)41(24-32(3)70-50)58(11)22-20-38-30-60(57-56-38)39(28-55)25-37-16-18-40(19-17-37)74(67,68)23-15-21-54/h16-19,30-36,39,41-48,50,61-63,65-66H,14-15,20-29H2,1-13H3/t31-,32-,33+,34-,35-,36+,39+,41+,42-,43-,44?,45-,46-,47+,48-,50+,51-,52-,53-/m1/s1. The van der Waals surface area contributed by atoms with Gasteiger partial charge >= 0.3 is 5.97 Å². The molecule has 5 rings (SSSR count). The number of carbonyl (C=O) groups excluding carboxylic acids is 1. The minimum absolute atomic E-state index is 0.0795. The number of halogens is 2. The zero-order chi connectivity index (χ0) is 55.2. The van der Waals surface area contributed by atoms with Crippen LogP contribution in [-0.2, 0) is 51.2 Å². The highest BCUT2D eigenvalue weighted by Crippen LogP contribution is 2.45. The first-order valence-electron chi connectivity index (χ1n) is 26.5. The van der Waals surface area contributed by atoms with Crippen molar-refractivity contribution in [1.29, 1.82) is 0 Å². The predicted molar refractivity (Wildman–Crippen MR) is 273 cm³/mol. The third-order valence-electron chi connectivity index (χ3n) is 16.6. The van der Waals surface area contributed by atoms with E-state index in [9.17, 15) is 47.5 Å². The third kappa shape index (κ3) is 14.5. The van der Waals surface area contributed by atoms with Gasteiger partial charge in [-0.2, -0.15) is 0 Å². The fraction of sp³-hybridized carbons (Fsp3) is 0.830. The van der Waals surface area contributed by atoms with Crippen molar-refractivity contribution in [2.24, 2.45) is 23.7 Å². The molecule has 3 saturated heterocycles. The number of nitrogens with zero attached hydrogens (tertiary/aromatic N) is 5. The zero-order valence-corrected chi connectivity index (χ0v) is 46.8. The largest absolute Gasteiger partial charge is 0.459 e. The number of aliphatic hydroxyl groups excluding tert-OH is 3. The van der Waals surface area contributed by atoms with Gasteiger partial charge in [0, 0.05) is 57.2 Å². The summed E-state index contributed by atoms with van der Waals surface area (Å²) in [6, 6.07) is 4.33. The fourth-order valence-corrected chi connectivity index (χ4v) is 13.2. The number of aromatic nitrogens is 3. The molecule has 424 valence electrons. The second-order valence-electron chi connectivity index (χ2n) is 22.7. The Morgan fingerprint density at radius 2 is 1.65 bits per heavy atom. The lowest BCUT2D eigenvalue weighted by Crippen LogP contribution is -2.62. The Balaban J connectivity index is 1.42. The lowest BCUT2D eigenvalue weighted by molar-refractivity contribution is -0.302. The number of alkyl halides is 2. The number of ether oxygens (including phenoxy) is 5. The van der Waals surface area contributed by atoms with Gasteiger partial charge in [0.05, 0.1) is 70.6 Å². The van der Waals surface area contributed by atoms with Crippen molar-refractivity contribution >= 4 is 15.8 Å². The van der Waals surface area contributed by atoms with Gasteiger partial charge in [-0.3, -0.25) is 9.18 Å². The molecular weight excluding hydrogens is 985 g/mol. The van der Waals surface area contributed by atoms with E-state index in [2.05, 4.69) is 10.3 Å². The molecule has 3 fully saturated rings. The second kappa shape index (κ2) is 25.8. The Morgan fingerprint density at radius 1 is 0.986 bits per heavy atom. The van der Waals surface area contributed by atoms with Gasteiger partial charge < -0.3 is 59.0 Å². The molecule has 0 amide bonds. The molecule has 1 aromatic heterocycles. The molecule has 19 atom stereocenters. The van der Waals surface area contributed by atoms with Crippen molar-refractivity contribution in [3.63, 3.8) is 0 Å². The average Bonchev–Trinajstić information content (AvgIpc) is 3.82. The third-order valence-corrected chi connectivity index (χ3v) is 18.4. The normalized spacial score (nSPS) is 39.0. The van der Waals surface area contributed by atoms with E-state index < -0.39 is 137 Å². The Bertz CT molecular complexity index is 2190. The first-order chi connectivity index (χ1) is 34.5. The maximum atomic E-state index is 14.6. The number of rotatable bonds is 17. The van der Waals surface area contributed by atoms with Gasteiger partial charge in [-0.25, -0.2) is 17.5 Å². The number of likely N-dealkylation sites (N-methyl/N-ethyl adjacent to an activating group) is 2. The fourth-order valence-electron chi connectivity index (χ4n) is 12.0. The predicted octanol–water partition coefficient (Wildman–Crippen LogP) is 4.27. The SMILES string of the molecule is CC[C@H]1OC(=O)[C@H](C)C([C@H]2C[C@@](C)(OC)[C@@H](O)[C@H](C)O2)[C@H](C)[C@@H](O[C@@H]2O[C@H](C)C[C@H](N(C)CCc3cn([C@H](CF)Cc4ccc(S(=O)(=O)CCCF)cc4)nn3)[C@H]2O)[C@](C)(O)C[C@@H](C)CN(C)[C@H](C)[C@@H](O)[C@]1(C)O. The molecular formula is C53H89F2N5O13S. The van der Waals surface area contributed by atoms with Crippen molar-refractivity contribution in [2.45, 2.75) is 209 Å². The first-order valence-corrected chi connectivity index (χ1v) is 28.2. The average molecular weight is 1070 g/mol. The number of methoxy groups -OCH3 is 1. The van der Waals surface area contributed by atoms with Gasteiger partial charge in [-0.05, 0) is 117 Å². The maximum absolute atomic E-state index is 14.6. The van der Waals surface area contributed by atoms with Crippen LogP contribution in [0.25, 0.3) is 0 Å². The smallest absolute Gasteiger partial charge is 0.309 e. The second-order valence-corrected chi connectivity index (χ2v) is 24.8. The molecule has 0 radical (unpaired) electrons. The van der Waals surface area contributed by atoms with E-state index in [0.29, 0.717) is 37.2 Å². The summed E-state index contributed by atoms with van der Waals surface area (Å²) in [6.45, 7) is 17.0. The number of cyclic esters (lactones) is 1. The lowest BCUT2D eigenvalue weighted by atomic mass is 9.68. The summed E-state index contributed by atoms with van der Waals surface area (Å²) in [5, 5.41) is 68.6. The Kier molecular flexibility index (Phi) is 21.6. The van der Waals surface area contributed by atoms with E-state index in [0.717, 1.165) is 0 Å². The van der Waals surface area contributed by atoms with Crippen LogP contribution < -0.4 is 0 Å². The van der Waals surface area contributed by atoms with Gasteiger partial charge in [-0.1, -0.05) is 45.0 Å². The van der Waals surface area contributed by atoms with Crippen molar-refractivity contribution < 1.29 is 71.2 Å². The van der Waals surface area contributed by atoms with Crippen LogP contribution in [0.3, 0.4) is 0 Å². The minimum atomic E-state index is -3.63. The van der Waals surface area contributed by atoms with E-state index in [1.165, 1.54) is 30.8 Å². The molecule has 5 N–H and O–H groups in total. The first kappa shape index (κ1) is 62.0. The topological polar surface area (TPSA) is 236 Å². The van der Waals surface area contributed by atoms with Crippen molar-refractivity contribution in [3.05, 3.63) is 41.7 Å². The van der Waals surface area contributed by atoms with Gasteiger partial charge in [0.15, 0.2) is 16.1 Å². The van der Waals surface area contributed by atoms with Crippen LogP contribution in [0.1, 0.15) is 119 Å². The van der Waals surface area contributed by atoms with Crippen LogP contribution >= 0.6 is 0 Å². The van der Waals surface area contributed by atoms with Crippen LogP contribution in [-0.4, -0.2) is 202 Å². The Labute approximate surface area is 438 Å². The molecule has 3 aliphatic rings. The van der Waals surface area contributed by atoms with Gasteiger partial charge in [-0.15, -0.1) is 5.10 Å². The molecule has 1 unspecified atom stereocenters. The molecule has 3 aliphatic heterocycles. The van der Waals surface area contributed by atoms with Crippen molar-refractivity contribution in [1.82, 2.24) is 24.8 Å². The van der Waals surface area contributed by atoms with Gasteiger partial charge in [0.2, 0.25) is 0 Å². The van der Waals surface area contributed by atoms with Crippen LogP contribution in [0, 0.1) is 23.7 Å². The van der Waals surface area contributed by atoms with Crippen molar-refractivity contribution in [2.75, 3.05) is 53.4 Å². The number of aliphatic hydroxyl groups is 5. The molecule has 0 bridgehead atoms. The summed E-state index contributed by atoms with van der Waals surface area (Å²) in [5.74, 6) is -3.64. The van der Waals surface area contributed by atoms with Crippen LogP contribution in [0.15, 0.2) is 35.4 Å². The Morgan fingerprint density at radius 3 is 2.26 bits per heavy atom. The van der Waals surface area contributed by atoms with Gasteiger partial charge in [0.1, 0.15) is 36.7 Å². The number of sulfone groups is 1. The van der Waals surface area contributed by atoms with Crippen LogP contribution in [0.2, 0.25) is 0 Å². The zero-order valence-electron chi connectivity index (χ0n) is 46.0. The number of hydrogen-bond donors (Lipinski definition) is 5. The quantitative estimate of drug-likeness (QED) is 0.139. The lowest BCUT2D eigenvalue weighted by Gasteiger charge is -2.51. The van der Waals surface area contributed by atoms with Crippen molar-refractivity contribution in [3.8, 4) is 0 Å². The van der Waals surface area contributed by atoms with Crippen LogP contribution in [0.5, 0.6) is 0 Å². The highest BCUT2D eigenvalue weighted by Gasteiger charge is 2.55. The molecule has 2 aromatic rings. The molecule has 1 aromatic carbocycles. The summed E-state index contributed by atoms with van der Waals surface area (Å²) in [7, 11) is 1.57. The minimum Gasteiger partial charge on any atom is -0.459 e. The van der Waals surface area contributed by atoms with E-state index in [1.54, 1.807) is 59.9 Å². The molecule has 18 nitrogen and oxygen atoms in total. The molecule has 4 heterocycles. The molecule has 0 saturated carbocycles. The summed E-state index contributed by atoms with van der Waals surface area (Å²) in [6.07, 6.45) is -5.77. The molecule has 0 spiro atoms. The molecule has 21 heteroatoms. The van der Waals surface area contributed by atoms with E-state index in [-0.39, 0.29) is 48.7 Å². The highest BCUT2D eigenvalue weighted by atomic mass is 32.2. The van der Waals surface area contributed by atoms with Crippen LogP contribution in [0.4, 0.5) is 8.78 Å².